The standard InChI is InChI=1S/C28H50O6/c1-5-9-10-11-12-13-14-15-16-17-18-21-34-26(33)27(7-3)20-19-22(24(29)30)23(6-2)28(27,8-4)25(31)32/h22-23H,5-21H2,1-4H3,(H,29,30)(H,31,32). The molecule has 0 aliphatic heterocycles. The smallest absolute Gasteiger partial charge is 0.313 e. The Morgan fingerprint density at radius 3 is 1.74 bits per heavy atom. The number of hydrogen-bond donors (Lipinski definition) is 2. The van der Waals surface area contributed by atoms with Crippen molar-refractivity contribution in [1.29, 1.82) is 0 Å². The van der Waals surface area contributed by atoms with E-state index in [1.54, 1.807) is 6.92 Å². The monoisotopic (exact) mass is 482 g/mol. The summed E-state index contributed by atoms with van der Waals surface area (Å²) in [4.78, 5) is 38.0. The predicted molar refractivity (Wildman–Crippen MR) is 135 cm³/mol. The SMILES string of the molecule is CCCCCCCCCCCCCOC(=O)C1(CC)CCC(C(=O)O)C(CC)C1(CC)C(=O)O. The van der Waals surface area contributed by atoms with E-state index in [4.69, 9.17) is 4.74 Å². The highest BCUT2D eigenvalue weighted by molar-refractivity contribution is 5.89. The van der Waals surface area contributed by atoms with Crippen LogP contribution in [0.2, 0.25) is 0 Å². The average molecular weight is 483 g/mol. The molecule has 1 aliphatic carbocycles. The first-order valence-corrected chi connectivity index (χ1v) is 13.9. The fourth-order valence-corrected chi connectivity index (χ4v) is 6.56. The fraction of sp³-hybridized carbons (Fsp3) is 0.893. The van der Waals surface area contributed by atoms with Gasteiger partial charge in [0, 0.05) is 0 Å². The summed E-state index contributed by atoms with van der Waals surface area (Å²) in [6, 6.07) is 0. The van der Waals surface area contributed by atoms with Gasteiger partial charge in [-0.25, -0.2) is 0 Å². The second-order valence-corrected chi connectivity index (χ2v) is 10.2. The molecular formula is C28H50O6. The van der Waals surface area contributed by atoms with Crippen molar-refractivity contribution < 1.29 is 29.3 Å². The van der Waals surface area contributed by atoms with E-state index in [0.717, 1.165) is 19.3 Å². The van der Waals surface area contributed by atoms with Crippen LogP contribution in [0.3, 0.4) is 0 Å². The average Bonchev–Trinajstić information content (AvgIpc) is 2.82. The Hall–Kier alpha value is -1.59. The second-order valence-electron chi connectivity index (χ2n) is 10.2. The van der Waals surface area contributed by atoms with Crippen LogP contribution in [-0.2, 0) is 19.1 Å². The maximum atomic E-state index is 13.4. The molecule has 1 rings (SSSR count). The van der Waals surface area contributed by atoms with E-state index in [1.807, 2.05) is 13.8 Å². The normalized spacial score (nSPS) is 26.8. The molecule has 0 heterocycles. The number of hydrogen-bond acceptors (Lipinski definition) is 4. The molecule has 0 saturated heterocycles. The minimum absolute atomic E-state index is 0.214. The summed E-state index contributed by atoms with van der Waals surface area (Å²) in [5, 5.41) is 20.1. The first kappa shape index (κ1) is 30.4. The van der Waals surface area contributed by atoms with Crippen molar-refractivity contribution in [2.75, 3.05) is 6.61 Å². The van der Waals surface area contributed by atoms with E-state index in [-0.39, 0.29) is 12.8 Å². The molecule has 0 bridgehead atoms. The van der Waals surface area contributed by atoms with E-state index < -0.39 is 40.6 Å². The summed E-state index contributed by atoms with van der Waals surface area (Å²) in [6.45, 7) is 7.97. The molecule has 0 amide bonds. The highest BCUT2D eigenvalue weighted by Gasteiger charge is 2.67. The minimum atomic E-state index is -1.42. The van der Waals surface area contributed by atoms with Crippen molar-refractivity contribution in [3.63, 3.8) is 0 Å². The molecule has 4 atom stereocenters. The van der Waals surface area contributed by atoms with Gasteiger partial charge in [-0.2, -0.15) is 0 Å². The third-order valence-electron chi connectivity index (χ3n) is 8.53. The highest BCUT2D eigenvalue weighted by Crippen LogP contribution is 2.61. The van der Waals surface area contributed by atoms with Crippen LogP contribution < -0.4 is 0 Å². The number of carboxylic acids is 2. The number of carboxylic acid groups (broad SMARTS) is 2. The molecule has 0 aromatic heterocycles. The number of aliphatic carboxylic acids is 2. The molecule has 2 N–H and O–H groups in total. The molecule has 0 aromatic rings. The van der Waals surface area contributed by atoms with Crippen molar-refractivity contribution >= 4 is 17.9 Å². The first-order valence-electron chi connectivity index (χ1n) is 13.9. The van der Waals surface area contributed by atoms with E-state index in [0.29, 0.717) is 25.9 Å². The minimum Gasteiger partial charge on any atom is -0.481 e. The number of rotatable bonds is 18. The van der Waals surface area contributed by atoms with Gasteiger partial charge in [-0.1, -0.05) is 98.3 Å². The van der Waals surface area contributed by atoms with Gasteiger partial charge in [0.1, 0.15) is 0 Å². The molecule has 34 heavy (non-hydrogen) atoms. The van der Waals surface area contributed by atoms with Gasteiger partial charge >= 0.3 is 17.9 Å². The van der Waals surface area contributed by atoms with Gasteiger partial charge in [0.15, 0.2) is 0 Å². The van der Waals surface area contributed by atoms with Gasteiger partial charge in [-0.05, 0) is 38.0 Å². The molecule has 0 spiro atoms. The lowest BCUT2D eigenvalue weighted by molar-refractivity contribution is -0.200. The predicted octanol–water partition coefficient (Wildman–Crippen LogP) is 7.24. The Morgan fingerprint density at radius 1 is 0.794 bits per heavy atom. The topological polar surface area (TPSA) is 101 Å². The molecule has 1 aliphatic rings. The number of ether oxygens (including phenoxy) is 1. The Balaban J connectivity index is 2.65. The van der Waals surface area contributed by atoms with Gasteiger partial charge in [0.05, 0.1) is 23.4 Å². The summed E-state index contributed by atoms with van der Waals surface area (Å²) in [5.74, 6) is -3.84. The van der Waals surface area contributed by atoms with Gasteiger partial charge in [0.25, 0.3) is 0 Å². The zero-order valence-corrected chi connectivity index (χ0v) is 22.2. The summed E-state index contributed by atoms with van der Waals surface area (Å²) in [7, 11) is 0. The summed E-state index contributed by atoms with van der Waals surface area (Å²) in [5.41, 5.74) is -2.61. The molecule has 6 nitrogen and oxygen atoms in total. The van der Waals surface area contributed by atoms with Crippen LogP contribution in [0.1, 0.15) is 130 Å². The van der Waals surface area contributed by atoms with Crippen LogP contribution in [-0.4, -0.2) is 34.7 Å². The second kappa shape index (κ2) is 15.4. The van der Waals surface area contributed by atoms with E-state index in [1.165, 1.54) is 51.4 Å². The lowest BCUT2D eigenvalue weighted by Crippen LogP contribution is -2.61. The van der Waals surface area contributed by atoms with Crippen LogP contribution in [0.25, 0.3) is 0 Å². The molecule has 1 saturated carbocycles. The van der Waals surface area contributed by atoms with Gasteiger partial charge in [0.2, 0.25) is 0 Å². The Labute approximate surface area is 207 Å². The molecule has 1 fully saturated rings. The van der Waals surface area contributed by atoms with Gasteiger partial charge in [-0.15, -0.1) is 0 Å². The Kier molecular flexibility index (Phi) is 13.8. The quantitative estimate of drug-likeness (QED) is 0.158. The van der Waals surface area contributed by atoms with Crippen LogP contribution in [0, 0.1) is 22.7 Å². The number of carbonyl (C=O) groups excluding carboxylic acids is 1. The van der Waals surface area contributed by atoms with E-state index >= 15 is 0 Å². The largest absolute Gasteiger partial charge is 0.481 e. The summed E-state index contributed by atoms with van der Waals surface area (Å²) >= 11 is 0. The lowest BCUT2D eigenvalue weighted by Gasteiger charge is -2.54. The van der Waals surface area contributed by atoms with Crippen LogP contribution in [0.15, 0.2) is 0 Å². The van der Waals surface area contributed by atoms with Crippen molar-refractivity contribution in [2.45, 2.75) is 130 Å². The molecule has 0 aromatic carbocycles. The van der Waals surface area contributed by atoms with Crippen molar-refractivity contribution in [3.8, 4) is 0 Å². The van der Waals surface area contributed by atoms with Crippen molar-refractivity contribution in [3.05, 3.63) is 0 Å². The van der Waals surface area contributed by atoms with Crippen molar-refractivity contribution in [2.24, 2.45) is 22.7 Å². The first-order chi connectivity index (χ1) is 16.3. The molecule has 0 radical (unpaired) electrons. The maximum Gasteiger partial charge on any atom is 0.313 e. The lowest BCUT2D eigenvalue weighted by atomic mass is 9.46. The third-order valence-corrected chi connectivity index (χ3v) is 8.53. The molecular weight excluding hydrogens is 432 g/mol. The van der Waals surface area contributed by atoms with Crippen molar-refractivity contribution in [1.82, 2.24) is 0 Å². The van der Waals surface area contributed by atoms with Gasteiger partial charge < -0.3 is 14.9 Å². The third kappa shape index (κ3) is 6.97. The fourth-order valence-electron chi connectivity index (χ4n) is 6.56. The Bertz CT molecular complexity index is 632. The number of carbonyl (C=O) groups is 3. The maximum absolute atomic E-state index is 13.4. The van der Waals surface area contributed by atoms with Crippen LogP contribution in [0.5, 0.6) is 0 Å². The molecule has 4 unspecified atom stereocenters. The zero-order chi connectivity index (χ0) is 25.6. The molecule has 6 heteroatoms. The highest BCUT2D eigenvalue weighted by atomic mass is 16.5. The van der Waals surface area contributed by atoms with E-state index in [9.17, 15) is 24.6 Å². The van der Waals surface area contributed by atoms with Crippen LogP contribution >= 0.6 is 0 Å². The number of unbranched alkanes of at least 4 members (excludes halogenated alkanes) is 10. The van der Waals surface area contributed by atoms with Gasteiger partial charge in [-0.3, -0.25) is 14.4 Å². The Morgan fingerprint density at radius 2 is 1.32 bits per heavy atom. The summed E-state index contributed by atoms with van der Waals surface area (Å²) < 4.78 is 5.70. The zero-order valence-electron chi connectivity index (χ0n) is 22.2. The molecule has 198 valence electrons. The summed E-state index contributed by atoms with van der Waals surface area (Å²) in [6.07, 6.45) is 14.8. The van der Waals surface area contributed by atoms with Crippen LogP contribution in [0.4, 0.5) is 0 Å². The van der Waals surface area contributed by atoms with E-state index in [2.05, 4.69) is 6.92 Å². The number of esters is 1.